The van der Waals surface area contributed by atoms with Crippen molar-refractivity contribution in [2.45, 2.75) is 6.61 Å². The molecule has 0 aliphatic carbocycles. The first-order chi connectivity index (χ1) is 16.8. The molecule has 4 rings (SSSR count). The molecule has 3 aromatic rings. The SMILES string of the molecule is O=C(CN1C(=O)N/C(=C/c2ccc(OCc3cccc(F)c3)c(Br)c2)C1=O)Nc1ccccc1F. The number of hydrogen-bond donors (Lipinski definition) is 2. The van der Waals surface area contributed by atoms with Crippen LogP contribution in [0.1, 0.15) is 11.1 Å². The fourth-order valence-electron chi connectivity index (χ4n) is 3.29. The largest absolute Gasteiger partial charge is 0.488 e. The third-order valence-corrected chi connectivity index (χ3v) is 5.58. The Hall–Kier alpha value is -4.05. The first kappa shape index (κ1) is 24.1. The van der Waals surface area contributed by atoms with Crippen LogP contribution in [0, 0.1) is 11.6 Å². The van der Waals surface area contributed by atoms with Gasteiger partial charge in [-0.25, -0.2) is 18.5 Å². The maximum absolute atomic E-state index is 13.7. The lowest BCUT2D eigenvalue weighted by atomic mass is 10.2. The number of para-hydroxylation sites is 1. The van der Waals surface area contributed by atoms with Crippen molar-refractivity contribution in [2.24, 2.45) is 0 Å². The lowest BCUT2D eigenvalue weighted by molar-refractivity contribution is -0.127. The monoisotopic (exact) mass is 541 g/mol. The zero-order valence-corrected chi connectivity index (χ0v) is 19.6. The molecule has 1 saturated heterocycles. The van der Waals surface area contributed by atoms with E-state index in [9.17, 15) is 23.2 Å². The number of nitrogens with one attached hydrogen (secondary N) is 2. The van der Waals surface area contributed by atoms with Gasteiger partial charge < -0.3 is 15.4 Å². The molecule has 7 nitrogen and oxygen atoms in total. The number of imide groups is 1. The van der Waals surface area contributed by atoms with Crippen LogP contribution in [0.2, 0.25) is 0 Å². The minimum Gasteiger partial charge on any atom is -0.488 e. The minimum absolute atomic E-state index is 0.0194. The number of rotatable bonds is 7. The normalized spacial score (nSPS) is 14.3. The summed E-state index contributed by atoms with van der Waals surface area (Å²) in [5.74, 6) is -1.89. The molecule has 2 N–H and O–H groups in total. The quantitative estimate of drug-likeness (QED) is 0.331. The average molecular weight is 542 g/mol. The Morgan fingerprint density at radius 2 is 1.86 bits per heavy atom. The van der Waals surface area contributed by atoms with E-state index in [1.54, 1.807) is 36.4 Å². The Morgan fingerprint density at radius 1 is 1.06 bits per heavy atom. The van der Waals surface area contributed by atoms with Gasteiger partial charge in [0.1, 0.15) is 36.2 Å². The van der Waals surface area contributed by atoms with Gasteiger partial charge in [-0.3, -0.25) is 9.59 Å². The number of anilines is 1. The number of ether oxygens (including phenoxy) is 1. The molecule has 35 heavy (non-hydrogen) atoms. The van der Waals surface area contributed by atoms with Crippen molar-refractivity contribution in [3.05, 3.63) is 99.7 Å². The summed E-state index contributed by atoms with van der Waals surface area (Å²) in [6.45, 7) is -0.415. The van der Waals surface area contributed by atoms with E-state index in [-0.39, 0.29) is 23.8 Å². The smallest absolute Gasteiger partial charge is 0.329 e. The maximum atomic E-state index is 13.7. The van der Waals surface area contributed by atoms with E-state index < -0.39 is 30.2 Å². The van der Waals surface area contributed by atoms with Crippen molar-refractivity contribution < 1.29 is 27.9 Å². The predicted octanol–water partition coefficient (Wildman–Crippen LogP) is 4.84. The number of carbonyl (C=O) groups excluding carboxylic acids is 3. The van der Waals surface area contributed by atoms with E-state index >= 15 is 0 Å². The highest BCUT2D eigenvalue weighted by Gasteiger charge is 2.35. The molecule has 10 heteroatoms. The van der Waals surface area contributed by atoms with Crippen LogP contribution in [0.4, 0.5) is 19.3 Å². The molecule has 178 valence electrons. The van der Waals surface area contributed by atoms with E-state index in [0.29, 0.717) is 21.3 Å². The summed E-state index contributed by atoms with van der Waals surface area (Å²) in [6, 6.07) is 15.9. The zero-order chi connectivity index (χ0) is 24.9. The van der Waals surface area contributed by atoms with Gasteiger partial charge in [-0.05, 0) is 69.5 Å². The average Bonchev–Trinajstić information content (AvgIpc) is 3.07. The van der Waals surface area contributed by atoms with Gasteiger partial charge in [-0.2, -0.15) is 0 Å². The van der Waals surface area contributed by atoms with Crippen LogP contribution < -0.4 is 15.4 Å². The number of benzene rings is 3. The summed E-state index contributed by atoms with van der Waals surface area (Å²) < 4.78 is 33.3. The Morgan fingerprint density at radius 3 is 2.60 bits per heavy atom. The van der Waals surface area contributed by atoms with Gasteiger partial charge in [-0.15, -0.1) is 0 Å². The second kappa shape index (κ2) is 10.5. The topological polar surface area (TPSA) is 87.7 Å². The first-order valence-corrected chi connectivity index (χ1v) is 11.1. The molecule has 1 heterocycles. The standard InChI is InChI=1S/C25H18BrF2N3O4/c26-18-11-15(8-9-22(18)35-14-16-4-3-5-17(27)10-16)12-21-24(33)31(25(34)30-21)13-23(32)29-20-7-2-1-6-19(20)28/h1-12H,13-14H2,(H,29,32)(H,30,34)/b21-12+. The third kappa shape index (κ3) is 5.90. The Labute approximate surface area is 207 Å². The van der Waals surface area contributed by atoms with Crippen LogP contribution in [0.25, 0.3) is 6.08 Å². The number of hydrogen-bond acceptors (Lipinski definition) is 4. The van der Waals surface area contributed by atoms with Crippen molar-refractivity contribution in [2.75, 3.05) is 11.9 Å². The van der Waals surface area contributed by atoms with E-state index in [0.717, 1.165) is 4.90 Å². The van der Waals surface area contributed by atoms with Crippen LogP contribution in [0.3, 0.4) is 0 Å². The molecular formula is C25H18BrF2N3O4. The zero-order valence-electron chi connectivity index (χ0n) is 18.1. The molecule has 0 aromatic heterocycles. The van der Waals surface area contributed by atoms with Crippen LogP contribution >= 0.6 is 15.9 Å². The first-order valence-electron chi connectivity index (χ1n) is 10.4. The summed E-state index contributed by atoms with van der Waals surface area (Å²) in [5.41, 5.74) is 1.18. The lowest BCUT2D eigenvalue weighted by Gasteiger charge is -2.12. The fraction of sp³-hybridized carbons (Fsp3) is 0.0800. The highest BCUT2D eigenvalue weighted by molar-refractivity contribution is 9.10. The highest BCUT2D eigenvalue weighted by atomic mass is 79.9. The molecule has 0 bridgehead atoms. The molecule has 0 spiro atoms. The van der Waals surface area contributed by atoms with E-state index in [2.05, 4.69) is 26.6 Å². The molecule has 0 unspecified atom stereocenters. The number of urea groups is 1. The van der Waals surface area contributed by atoms with Crippen molar-refractivity contribution in [1.29, 1.82) is 0 Å². The highest BCUT2D eigenvalue weighted by Crippen LogP contribution is 2.28. The molecular weight excluding hydrogens is 524 g/mol. The Balaban J connectivity index is 1.40. The lowest BCUT2D eigenvalue weighted by Crippen LogP contribution is -2.38. The molecule has 1 fully saturated rings. The Kier molecular flexibility index (Phi) is 7.21. The predicted molar refractivity (Wildman–Crippen MR) is 128 cm³/mol. The Bertz CT molecular complexity index is 1350. The van der Waals surface area contributed by atoms with Gasteiger partial charge >= 0.3 is 6.03 Å². The molecule has 0 atom stereocenters. The van der Waals surface area contributed by atoms with Gasteiger partial charge in [-0.1, -0.05) is 30.3 Å². The summed E-state index contributed by atoms with van der Waals surface area (Å²) in [6.07, 6.45) is 1.45. The van der Waals surface area contributed by atoms with Crippen LogP contribution in [-0.4, -0.2) is 29.3 Å². The number of halogens is 3. The fourth-order valence-corrected chi connectivity index (χ4v) is 3.80. The molecule has 1 aliphatic rings. The van der Waals surface area contributed by atoms with Gasteiger partial charge in [0.2, 0.25) is 5.91 Å². The molecule has 0 saturated carbocycles. The van der Waals surface area contributed by atoms with Crippen molar-refractivity contribution >= 4 is 45.5 Å². The summed E-state index contributed by atoms with van der Waals surface area (Å²) in [4.78, 5) is 37.9. The molecule has 4 amide bonds. The van der Waals surface area contributed by atoms with Crippen molar-refractivity contribution in [3.8, 4) is 5.75 Å². The number of nitrogens with zero attached hydrogens (tertiary/aromatic N) is 1. The van der Waals surface area contributed by atoms with E-state index in [1.165, 1.54) is 36.4 Å². The van der Waals surface area contributed by atoms with E-state index in [1.807, 2.05) is 0 Å². The van der Waals surface area contributed by atoms with Crippen LogP contribution in [0.5, 0.6) is 5.75 Å². The van der Waals surface area contributed by atoms with Gasteiger partial charge in [0.15, 0.2) is 0 Å². The van der Waals surface area contributed by atoms with Crippen molar-refractivity contribution in [1.82, 2.24) is 10.2 Å². The van der Waals surface area contributed by atoms with Gasteiger partial charge in [0.25, 0.3) is 5.91 Å². The van der Waals surface area contributed by atoms with Crippen molar-refractivity contribution in [3.63, 3.8) is 0 Å². The maximum Gasteiger partial charge on any atom is 0.329 e. The number of amides is 4. The summed E-state index contributed by atoms with van der Waals surface area (Å²) in [5, 5.41) is 4.77. The van der Waals surface area contributed by atoms with E-state index in [4.69, 9.17) is 4.74 Å². The minimum atomic E-state index is -0.765. The molecule has 1 aliphatic heterocycles. The third-order valence-electron chi connectivity index (χ3n) is 4.96. The van der Waals surface area contributed by atoms with Gasteiger partial charge in [0.05, 0.1) is 10.2 Å². The summed E-state index contributed by atoms with van der Waals surface area (Å²) >= 11 is 3.40. The second-order valence-corrected chi connectivity index (χ2v) is 8.37. The number of carbonyl (C=O) groups is 3. The molecule has 0 radical (unpaired) electrons. The van der Waals surface area contributed by atoms with Gasteiger partial charge in [0, 0.05) is 0 Å². The molecule has 3 aromatic carbocycles. The summed E-state index contributed by atoms with van der Waals surface area (Å²) in [7, 11) is 0. The van der Waals surface area contributed by atoms with Crippen LogP contribution in [0.15, 0.2) is 76.9 Å². The van der Waals surface area contributed by atoms with Crippen LogP contribution in [-0.2, 0) is 16.2 Å². The second-order valence-electron chi connectivity index (χ2n) is 7.52.